The molecule has 2 aromatic rings. The van der Waals surface area contributed by atoms with Crippen LogP contribution in [-0.4, -0.2) is 14.5 Å². The van der Waals surface area contributed by atoms with Gasteiger partial charge < -0.3 is 10.3 Å². The molecule has 7 heteroatoms. The highest BCUT2D eigenvalue weighted by atomic mass is 19.4. The van der Waals surface area contributed by atoms with Gasteiger partial charge in [0.15, 0.2) is 0 Å². The Kier molecular flexibility index (Phi) is 2.57. The molecule has 0 radical (unpaired) electrons. The highest BCUT2D eigenvalue weighted by Crippen LogP contribution is 2.63. The number of rotatable bonds is 3. The maximum absolute atomic E-state index is 13.1. The molecule has 4 nitrogen and oxygen atoms in total. The third kappa shape index (κ3) is 1.93. The Labute approximate surface area is 136 Å². The van der Waals surface area contributed by atoms with Crippen molar-refractivity contribution >= 4 is 5.82 Å². The van der Waals surface area contributed by atoms with Gasteiger partial charge >= 0.3 is 6.18 Å². The van der Waals surface area contributed by atoms with E-state index in [2.05, 4.69) is 14.5 Å². The topological polar surface area (TPSA) is 56.7 Å². The summed E-state index contributed by atoms with van der Waals surface area (Å²) in [6.07, 6.45) is 4.56. The average molecular weight is 334 g/mol. The van der Waals surface area contributed by atoms with Crippen molar-refractivity contribution in [2.45, 2.75) is 49.7 Å². The van der Waals surface area contributed by atoms with Crippen LogP contribution in [0.15, 0.2) is 18.5 Å². The lowest BCUT2D eigenvalue weighted by molar-refractivity contribution is -0.137. The fraction of sp³-hybridized carbons (Fsp3) is 0.529. The van der Waals surface area contributed by atoms with Gasteiger partial charge in [0, 0.05) is 29.4 Å². The van der Waals surface area contributed by atoms with Gasteiger partial charge in [-0.05, 0) is 44.1 Å². The van der Waals surface area contributed by atoms with Crippen LogP contribution in [0.25, 0.3) is 11.3 Å². The lowest BCUT2D eigenvalue weighted by atomic mass is 9.49. The molecular formula is C17H17F3N4. The summed E-state index contributed by atoms with van der Waals surface area (Å²) < 4.78 is 41.5. The highest BCUT2D eigenvalue weighted by Gasteiger charge is 2.59. The predicted octanol–water partition coefficient (Wildman–Crippen LogP) is 3.93. The molecule has 0 unspecified atom stereocenters. The number of hydrogen-bond donors (Lipinski definition) is 1. The first-order valence-electron chi connectivity index (χ1n) is 8.29. The van der Waals surface area contributed by atoms with Crippen LogP contribution in [0.1, 0.15) is 49.4 Å². The number of aromatic nitrogens is 3. The molecule has 0 amide bonds. The van der Waals surface area contributed by atoms with Crippen molar-refractivity contribution in [3.8, 4) is 11.3 Å². The summed E-state index contributed by atoms with van der Waals surface area (Å²) in [5.74, 6) is 1.83. The second-order valence-corrected chi connectivity index (χ2v) is 7.49. The Bertz CT molecular complexity index is 818. The minimum absolute atomic E-state index is 0.182. The molecule has 4 aliphatic carbocycles. The number of nitrogens with two attached hydrogens (primary N) is 1. The van der Waals surface area contributed by atoms with E-state index < -0.39 is 17.6 Å². The van der Waals surface area contributed by atoms with Gasteiger partial charge in [-0.1, -0.05) is 0 Å². The SMILES string of the molecule is Nc1ncc(-c2cn(C34CC(C3)C4)c(C3CC3)n2)cc1C(F)(F)F. The molecule has 4 saturated carbocycles. The zero-order valence-electron chi connectivity index (χ0n) is 13.0. The van der Waals surface area contributed by atoms with Gasteiger partial charge in [0.1, 0.15) is 11.6 Å². The van der Waals surface area contributed by atoms with Gasteiger partial charge in [0.2, 0.25) is 0 Å². The molecule has 0 atom stereocenters. The lowest BCUT2D eigenvalue weighted by Gasteiger charge is -2.62. The van der Waals surface area contributed by atoms with E-state index in [1.807, 2.05) is 6.20 Å². The van der Waals surface area contributed by atoms with Crippen molar-refractivity contribution in [2.75, 3.05) is 5.73 Å². The van der Waals surface area contributed by atoms with E-state index in [1.165, 1.54) is 25.5 Å². The molecule has 6 rings (SSSR count). The van der Waals surface area contributed by atoms with Crippen LogP contribution in [-0.2, 0) is 11.7 Å². The third-order valence-corrected chi connectivity index (χ3v) is 5.71. The fourth-order valence-corrected chi connectivity index (χ4v) is 4.11. The Hall–Kier alpha value is -2.05. The lowest BCUT2D eigenvalue weighted by Crippen LogP contribution is -2.59. The largest absolute Gasteiger partial charge is 0.419 e. The van der Waals surface area contributed by atoms with Crippen LogP contribution in [0, 0.1) is 5.92 Å². The first-order chi connectivity index (χ1) is 11.4. The van der Waals surface area contributed by atoms with E-state index in [0.29, 0.717) is 17.2 Å². The second kappa shape index (κ2) is 4.32. The Balaban J connectivity index is 1.59. The summed E-state index contributed by atoms with van der Waals surface area (Å²) >= 11 is 0. The normalized spacial score (nSPS) is 28.4. The van der Waals surface area contributed by atoms with Crippen LogP contribution in [0.2, 0.25) is 0 Å². The summed E-state index contributed by atoms with van der Waals surface area (Å²) in [5, 5.41) is 0. The zero-order chi connectivity index (χ0) is 16.7. The first kappa shape index (κ1) is 14.3. The van der Waals surface area contributed by atoms with Crippen LogP contribution in [0.5, 0.6) is 0 Å². The van der Waals surface area contributed by atoms with E-state index in [0.717, 1.165) is 30.7 Å². The summed E-state index contributed by atoms with van der Waals surface area (Å²) in [6, 6.07) is 1.06. The molecule has 2 N–H and O–H groups in total. The van der Waals surface area contributed by atoms with E-state index in [9.17, 15) is 13.2 Å². The van der Waals surface area contributed by atoms with E-state index in [4.69, 9.17) is 5.73 Å². The predicted molar refractivity (Wildman–Crippen MR) is 82.2 cm³/mol. The average Bonchev–Trinajstić information content (AvgIpc) is 3.16. The Morgan fingerprint density at radius 3 is 2.46 bits per heavy atom. The van der Waals surface area contributed by atoms with Crippen molar-refractivity contribution in [3.05, 3.63) is 29.8 Å². The van der Waals surface area contributed by atoms with Gasteiger partial charge in [0.05, 0.1) is 11.3 Å². The van der Waals surface area contributed by atoms with Crippen molar-refractivity contribution in [1.82, 2.24) is 14.5 Å². The van der Waals surface area contributed by atoms with Gasteiger partial charge in [-0.3, -0.25) is 0 Å². The van der Waals surface area contributed by atoms with E-state index in [1.54, 1.807) is 0 Å². The molecule has 24 heavy (non-hydrogen) atoms. The number of nitrogen functional groups attached to an aromatic ring is 1. The zero-order valence-corrected chi connectivity index (χ0v) is 13.0. The minimum atomic E-state index is -4.51. The van der Waals surface area contributed by atoms with Gasteiger partial charge in [-0.2, -0.15) is 13.2 Å². The van der Waals surface area contributed by atoms with Crippen LogP contribution >= 0.6 is 0 Å². The molecule has 4 fully saturated rings. The van der Waals surface area contributed by atoms with Gasteiger partial charge in [-0.25, -0.2) is 9.97 Å². The third-order valence-electron chi connectivity index (χ3n) is 5.71. The van der Waals surface area contributed by atoms with E-state index in [-0.39, 0.29) is 5.54 Å². The van der Waals surface area contributed by atoms with E-state index >= 15 is 0 Å². The number of hydrogen-bond acceptors (Lipinski definition) is 3. The summed E-state index contributed by atoms with van der Waals surface area (Å²) in [5.41, 5.74) is 5.63. The monoisotopic (exact) mass is 334 g/mol. The quantitative estimate of drug-likeness (QED) is 0.925. The number of anilines is 1. The van der Waals surface area contributed by atoms with Crippen molar-refractivity contribution < 1.29 is 13.2 Å². The number of pyridine rings is 1. The number of halogens is 3. The molecule has 0 saturated heterocycles. The van der Waals surface area contributed by atoms with Crippen molar-refractivity contribution in [3.63, 3.8) is 0 Å². The maximum Gasteiger partial charge on any atom is 0.419 e. The number of imidazole rings is 1. The Morgan fingerprint density at radius 2 is 1.92 bits per heavy atom. The maximum atomic E-state index is 13.1. The molecule has 126 valence electrons. The summed E-state index contributed by atoms with van der Waals surface area (Å²) in [7, 11) is 0. The molecule has 0 aliphatic heterocycles. The number of alkyl halides is 3. The van der Waals surface area contributed by atoms with Gasteiger partial charge in [-0.15, -0.1) is 0 Å². The number of nitrogens with zero attached hydrogens (tertiary/aromatic N) is 3. The molecule has 0 aromatic carbocycles. The van der Waals surface area contributed by atoms with Gasteiger partial charge in [0.25, 0.3) is 0 Å². The molecule has 4 aliphatic rings. The molecule has 2 aromatic heterocycles. The fourth-order valence-electron chi connectivity index (χ4n) is 4.11. The molecule has 2 bridgehead atoms. The first-order valence-corrected chi connectivity index (χ1v) is 8.29. The van der Waals surface area contributed by atoms with Crippen molar-refractivity contribution in [2.24, 2.45) is 5.92 Å². The van der Waals surface area contributed by atoms with Crippen molar-refractivity contribution in [1.29, 1.82) is 0 Å². The summed E-state index contributed by atoms with van der Waals surface area (Å²) in [4.78, 5) is 8.42. The molecule has 2 heterocycles. The smallest absolute Gasteiger partial charge is 0.383 e. The summed E-state index contributed by atoms with van der Waals surface area (Å²) in [6.45, 7) is 0. The van der Waals surface area contributed by atoms with Crippen LogP contribution in [0.3, 0.4) is 0 Å². The second-order valence-electron chi connectivity index (χ2n) is 7.49. The Morgan fingerprint density at radius 1 is 1.21 bits per heavy atom. The molecule has 0 spiro atoms. The van der Waals surface area contributed by atoms with Crippen LogP contribution < -0.4 is 5.73 Å². The standard InChI is InChI=1S/C17H17F3N4/c18-17(19,20)12-3-11(7-22-14(12)21)13-8-24(15(23-13)10-1-2-10)16-4-9(5-16)6-16/h3,7-10H,1-2,4-6H2,(H2,21,22). The molecular weight excluding hydrogens is 317 g/mol. The van der Waals surface area contributed by atoms with Crippen LogP contribution in [0.4, 0.5) is 19.0 Å². The minimum Gasteiger partial charge on any atom is -0.383 e. The highest BCUT2D eigenvalue weighted by molar-refractivity contribution is 5.62.